The number of rotatable bonds is 5. The van der Waals surface area contributed by atoms with E-state index in [1.165, 1.54) is 33.6 Å². The molecule has 0 saturated heterocycles. The van der Waals surface area contributed by atoms with Gasteiger partial charge in [0, 0.05) is 18.1 Å². The Hall–Kier alpha value is -4.37. The van der Waals surface area contributed by atoms with Crippen LogP contribution < -0.4 is 4.74 Å². The standard InChI is InChI=1S/C37H22N2OS.Pt/c1-2-13-29-25(10-1)19-21-39-36(29)26-22-35(41-24-26)40-28-12-9-11-27(23-28)37(34-18-7-8-20-38-34)32-16-5-3-14-30(32)31-15-4-6-17-33(31)37;/h1-21,24H;/q-2;+2. The number of fused-ring (bicyclic) bond motifs is 4. The number of thiophene rings is 1. The first kappa shape index (κ1) is 26.5. The van der Waals surface area contributed by atoms with Gasteiger partial charge in [0.05, 0.1) is 11.1 Å². The third-order valence-electron chi connectivity index (χ3n) is 7.83. The molecule has 0 fully saturated rings. The summed E-state index contributed by atoms with van der Waals surface area (Å²) in [6.07, 6.45) is 3.71. The summed E-state index contributed by atoms with van der Waals surface area (Å²) in [4.78, 5) is 9.56. The maximum absolute atomic E-state index is 6.41. The van der Waals surface area contributed by atoms with E-state index < -0.39 is 5.41 Å². The topological polar surface area (TPSA) is 35.0 Å². The second-order valence-electron chi connectivity index (χ2n) is 10.0. The minimum absolute atomic E-state index is 0. The maximum atomic E-state index is 6.41. The van der Waals surface area contributed by atoms with E-state index in [2.05, 4.69) is 96.0 Å². The van der Waals surface area contributed by atoms with Crippen LogP contribution in [0.1, 0.15) is 22.4 Å². The third-order valence-corrected chi connectivity index (χ3v) is 8.58. The minimum atomic E-state index is -0.620. The van der Waals surface area contributed by atoms with E-state index in [0.29, 0.717) is 10.8 Å². The molecule has 0 atom stereocenters. The van der Waals surface area contributed by atoms with Crippen LogP contribution in [0.5, 0.6) is 10.8 Å². The maximum Gasteiger partial charge on any atom is 2.00 e. The van der Waals surface area contributed by atoms with Gasteiger partial charge in [-0.25, -0.2) is 0 Å². The number of hydrogen-bond acceptors (Lipinski definition) is 4. The van der Waals surface area contributed by atoms with Gasteiger partial charge in [-0.05, 0) is 56.9 Å². The van der Waals surface area contributed by atoms with Crippen LogP contribution in [0.15, 0.2) is 133 Å². The molecule has 0 saturated carbocycles. The van der Waals surface area contributed by atoms with Gasteiger partial charge in [-0.3, -0.25) is 4.98 Å². The normalized spacial score (nSPS) is 12.8. The van der Waals surface area contributed by atoms with Gasteiger partial charge in [-0.2, -0.15) is 29.0 Å². The van der Waals surface area contributed by atoms with Gasteiger partial charge in [0.2, 0.25) is 0 Å². The van der Waals surface area contributed by atoms with Crippen LogP contribution in [-0.4, -0.2) is 9.97 Å². The zero-order chi connectivity index (χ0) is 27.2. The molecule has 0 bridgehead atoms. The van der Waals surface area contributed by atoms with Crippen molar-refractivity contribution in [1.82, 2.24) is 9.97 Å². The summed E-state index contributed by atoms with van der Waals surface area (Å²) in [6, 6.07) is 46.8. The molecule has 0 amide bonds. The molecule has 7 aromatic rings. The van der Waals surface area contributed by atoms with E-state index in [0.717, 1.165) is 33.3 Å². The van der Waals surface area contributed by atoms with E-state index in [1.54, 1.807) is 0 Å². The molecule has 5 heteroatoms. The van der Waals surface area contributed by atoms with Crippen molar-refractivity contribution < 1.29 is 25.8 Å². The predicted octanol–water partition coefficient (Wildman–Crippen LogP) is 9.11. The fraction of sp³-hybridized carbons (Fsp3) is 0.0270. The number of pyridine rings is 2. The van der Waals surface area contributed by atoms with Gasteiger partial charge in [0.15, 0.2) is 0 Å². The number of ether oxygens (including phenoxy) is 1. The smallest absolute Gasteiger partial charge is 0.487 e. The van der Waals surface area contributed by atoms with Crippen LogP contribution in [-0.2, 0) is 26.5 Å². The third kappa shape index (κ3) is 4.14. The molecular weight excluding hydrogens is 716 g/mol. The van der Waals surface area contributed by atoms with Crippen LogP contribution >= 0.6 is 11.3 Å². The quantitative estimate of drug-likeness (QED) is 0.166. The molecule has 1 aliphatic rings. The molecule has 42 heavy (non-hydrogen) atoms. The molecule has 0 unspecified atom stereocenters. The Morgan fingerprint density at radius 1 is 0.643 bits per heavy atom. The summed E-state index contributed by atoms with van der Waals surface area (Å²) in [6.45, 7) is 0. The average Bonchev–Trinajstić information content (AvgIpc) is 3.62. The van der Waals surface area contributed by atoms with Crippen LogP contribution in [0, 0.1) is 12.1 Å². The molecule has 3 heterocycles. The van der Waals surface area contributed by atoms with Crippen molar-refractivity contribution in [2.24, 2.45) is 0 Å². The largest absolute Gasteiger partial charge is 2.00 e. The molecule has 3 nitrogen and oxygen atoms in total. The molecule has 202 valence electrons. The van der Waals surface area contributed by atoms with E-state index >= 15 is 0 Å². The first-order valence-corrected chi connectivity index (χ1v) is 14.4. The second-order valence-corrected chi connectivity index (χ2v) is 10.9. The second kappa shape index (κ2) is 10.8. The van der Waals surface area contributed by atoms with Gasteiger partial charge in [-0.1, -0.05) is 78.9 Å². The summed E-state index contributed by atoms with van der Waals surface area (Å²) in [7, 11) is 0. The first-order valence-electron chi connectivity index (χ1n) is 13.5. The van der Waals surface area contributed by atoms with Gasteiger partial charge < -0.3 is 9.72 Å². The van der Waals surface area contributed by atoms with Crippen molar-refractivity contribution in [3.05, 3.63) is 168 Å². The van der Waals surface area contributed by atoms with Crippen LogP contribution in [0.3, 0.4) is 0 Å². The van der Waals surface area contributed by atoms with Crippen molar-refractivity contribution in [3.63, 3.8) is 0 Å². The zero-order valence-corrected chi connectivity index (χ0v) is 25.3. The number of nitrogens with zero attached hydrogens (tertiary/aromatic N) is 2. The molecule has 0 spiro atoms. The molecule has 1 aliphatic carbocycles. The van der Waals surface area contributed by atoms with Crippen molar-refractivity contribution in [3.8, 4) is 33.2 Å². The van der Waals surface area contributed by atoms with E-state index in [4.69, 9.17) is 9.72 Å². The molecule has 0 aliphatic heterocycles. The summed E-state index contributed by atoms with van der Waals surface area (Å²) in [5.74, 6) is 0.634. The van der Waals surface area contributed by atoms with Crippen molar-refractivity contribution >= 4 is 22.1 Å². The average molecular weight is 738 g/mol. The summed E-state index contributed by atoms with van der Waals surface area (Å²) in [5.41, 5.74) is 7.96. The molecule has 0 N–H and O–H groups in total. The summed E-state index contributed by atoms with van der Waals surface area (Å²) >= 11 is 1.51. The number of hydrogen-bond donors (Lipinski definition) is 0. The van der Waals surface area contributed by atoms with Crippen molar-refractivity contribution in [1.29, 1.82) is 0 Å². The molecule has 8 rings (SSSR count). The zero-order valence-electron chi connectivity index (χ0n) is 22.2. The Morgan fingerprint density at radius 2 is 1.38 bits per heavy atom. The number of benzene rings is 4. The van der Waals surface area contributed by atoms with Crippen molar-refractivity contribution in [2.75, 3.05) is 0 Å². The Bertz CT molecular complexity index is 2000. The van der Waals surface area contributed by atoms with Gasteiger partial charge in [0.25, 0.3) is 0 Å². The van der Waals surface area contributed by atoms with E-state index in [1.807, 2.05) is 54.2 Å². The van der Waals surface area contributed by atoms with Gasteiger partial charge in [0.1, 0.15) is 5.06 Å². The Balaban J connectivity index is 0.00000288. The fourth-order valence-corrected chi connectivity index (χ4v) is 6.83. The Kier molecular flexibility index (Phi) is 6.82. The Morgan fingerprint density at radius 3 is 2.17 bits per heavy atom. The number of aromatic nitrogens is 2. The van der Waals surface area contributed by atoms with E-state index in [-0.39, 0.29) is 21.1 Å². The first-order chi connectivity index (χ1) is 20.3. The Labute approximate surface area is 262 Å². The van der Waals surface area contributed by atoms with Gasteiger partial charge in [-0.15, -0.1) is 29.1 Å². The summed E-state index contributed by atoms with van der Waals surface area (Å²) < 4.78 is 6.41. The van der Waals surface area contributed by atoms with Crippen LogP contribution in [0.4, 0.5) is 0 Å². The monoisotopic (exact) mass is 737 g/mol. The SMILES string of the molecule is [Pt+2].[c-]1c(Oc2[c-]c(-c3nccc4ccccc34)cs2)cccc1C1(c2ccccn2)c2ccccc2-c2ccccc21. The minimum Gasteiger partial charge on any atom is -0.487 e. The fourth-order valence-electron chi connectivity index (χ4n) is 6.13. The molecule has 3 aromatic heterocycles. The van der Waals surface area contributed by atoms with Crippen LogP contribution in [0.2, 0.25) is 0 Å². The molecular formula is C37H22N2OPtS. The van der Waals surface area contributed by atoms with E-state index in [9.17, 15) is 0 Å². The molecule has 4 aromatic carbocycles. The summed E-state index contributed by atoms with van der Waals surface area (Å²) in [5, 5.41) is 4.96. The van der Waals surface area contributed by atoms with Crippen molar-refractivity contribution in [2.45, 2.75) is 5.41 Å². The molecule has 0 radical (unpaired) electrons. The van der Waals surface area contributed by atoms with Crippen LogP contribution in [0.25, 0.3) is 33.2 Å². The van der Waals surface area contributed by atoms with Gasteiger partial charge >= 0.3 is 21.1 Å². The predicted molar refractivity (Wildman–Crippen MR) is 164 cm³/mol.